The molecule has 1 aromatic heterocycles. The topological polar surface area (TPSA) is 115 Å². The average Bonchev–Trinajstić information content (AvgIpc) is 3.48. The van der Waals surface area contributed by atoms with Crippen LogP contribution in [-0.2, 0) is 27.3 Å². The Hall–Kier alpha value is -4.53. The van der Waals surface area contributed by atoms with Crippen LogP contribution in [0.4, 0.5) is 11.5 Å². The molecule has 3 atom stereocenters. The van der Waals surface area contributed by atoms with Crippen molar-refractivity contribution in [1.82, 2.24) is 19.8 Å². The quantitative estimate of drug-likeness (QED) is 0.297. The minimum atomic E-state index is -0.343. The fourth-order valence-corrected chi connectivity index (χ4v) is 7.25. The van der Waals surface area contributed by atoms with Gasteiger partial charge in [0.05, 0.1) is 36.9 Å². The van der Waals surface area contributed by atoms with Crippen LogP contribution < -0.4 is 14.5 Å². The van der Waals surface area contributed by atoms with Crippen LogP contribution in [0, 0.1) is 18.3 Å². The zero-order valence-electron chi connectivity index (χ0n) is 28.4. The Kier molecular flexibility index (Phi) is 10.2. The van der Waals surface area contributed by atoms with E-state index in [-0.39, 0.29) is 36.3 Å². The molecule has 3 aliphatic rings. The standard InChI is InChI=1S/C37H45N7O4/c1-5-29(45)12-13-34(46)44-19-18-43(21-27(44)14-16-38)36-31-15-17-42(33-11-7-10-26-9-6-8-25(2)35(26)33)23-32(31)39-37(40-36)48-24-28-20-30(47-4)22-41(28)3/h6-13,27-28,30H,5,14-15,17-24H2,1-4H3/b13-12+/t27-,28-,30+/m0/s1. The minimum absolute atomic E-state index is 0.104. The second kappa shape index (κ2) is 14.7. The van der Waals surface area contributed by atoms with Crippen LogP contribution in [0.15, 0.2) is 48.6 Å². The molecule has 48 heavy (non-hydrogen) atoms. The second-order valence-electron chi connectivity index (χ2n) is 13.0. The van der Waals surface area contributed by atoms with E-state index < -0.39 is 0 Å². The summed E-state index contributed by atoms with van der Waals surface area (Å²) in [7, 11) is 3.83. The number of amides is 1. The zero-order chi connectivity index (χ0) is 33.8. The van der Waals surface area contributed by atoms with Crippen LogP contribution >= 0.6 is 0 Å². The number of anilines is 2. The Bertz CT molecular complexity index is 1730. The van der Waals surface area contributed by atoms with Crippen molar-refractivity contribution in [2.75, 3.05) is 63.3 Å². The molecule has 0 saturated carbocycles. The lowest BCUT2D eigenvalue weighted by atomic mass is 9.99. The summed E-state index contributed by atoms with van der Waals surface area (Å²) in [6.45, 7) is 8.04. The molecule has 1 amide bonds. The van der Waals surface area contributed by atoms with Gasteiger partial charge in [-0.2, -0.15) is 15.2 Å². The third-order valence-electron chi connectivity index (χ3n) is 10.00. The first kappa shape index (κ1) is 33.4. The molecule has 2 aromatic carbocycles. The maximum Gasteiger partial charge on any atom is 0.318 e. The van der Waals surface area contributed by atoms with Crippen molar-refractivity contribution in [2.45, 2.75) is 64.3 Å². The monoisotopic (exact) mass is 651 g/mol. The molecule has 0 spiro atoms. The number of aromatic nitrogens is 2. The zero-order valence-corrected chi connectivity index (χ0v) is 28.4. The van der Waals surface area contributed by atoms with Gasteiger partial charge >= 0.3 is 6.01 Å². The summed E-state index contributed by atoms with van der Waals surface area (Å²) in [6.07, 6.45) is 4.99. The molecule has 3 aliphatic heterocycles. The van der Waals surface area contributed by atoms with Crippen molar-refractivity contribution in [1.29, 1.82) is 5.26 Å². The van der Waals surface area contributed by atoms with E-state index in [1.165, 1.54) is 34.2 Å². The largest absolute Gasteiger partial charge is 0.462 e. The number of carbonyl (C=O) groups is 2. The number of ketones is 1. The molecule has 0 bridgehead atoms. The Balaban J connectivity index is 1.30. The maximum atomic E-state index is 13.1. The van der Waals surface area contributed by atoms with E-state index in [9.17, 15) is 14.9 Å². The van der Waals surface area contributed by atoms with E-state index in [2.05, 4.69) is 71.1 Å². The SMILES string of the molecule is CCC(=O)/C=C/C(=O)N1CCN(c2nc(OC[C@@H]3C[C@@H](OC)CN3C)nc3c2CCN(c2cccc4cccc(C)c24)C3)C[C@@H]1CC#N. The minimum Gasteiger partial charge on any atom is -0.462 e. The number of ether oxygens (including phenoxy) is 2. The number of fused-ring (bicyclic) bond motifs is 2. The molecule has 2 fully saturated rings. The lowest BCUT2D eigenvalue weighted by Crippen LogP contribution is -2.55. The number of aryl methyl sites for hydroxylation is 1. The van der Waals surface area contributed by atoms with Crippen molar-refractivity contribution < 1.29 is 19.1 Å². The summed E-state index contributed by atoms with van der Waals surface area (Å²) < 4.78 is 12.0. The van der Waals surface area contributed by atoms with Crippen molar-refractivity contribution >= 4 is 34.0 Å². The number of benzene rings is 2. The van der Waals surface area contributed by atoms with E-state index in [1.54, 1.807) is 18.9 Å². The Labute approximate surface area is 282 Å². The fraction of sp³-hybridized carbons (Fsp3) is 0.486. The van der Waals surface area contributed by atoms with Gasteiger partial charge in [-0.25, -0.2) is 0 Å². The molecule has 4 heterocycles. The number of nitriles is 1. The van der Waals surface area contributed by atoms with E-state index in [4.69, 9.17) is 19.4 Å². The number of likely N-dealkylation sites (N-methyl/N-ethyl adjacent to an activating group) is 1. The second-order valence-corrected chi connectivity index (χ2v) is 13.0. The molecule has 252 valence electrons. The van der Waals surface area contributed by atoms with E-state index in [0.717, 1.165) is 43.0 Å². The molecule has 11 heteroatoms. The van der Waals surface area contributed by atoms with Crippen LogP contribution in [0.5, 0.6) is 6.01 Å². The van der Waals surface area contributed by atoms with Gasteiger partial charge in [-0.3, -0.25) is 14.5 Å². The van der Waals surface area contributed by atoms with Gasteiger partial charge in [0.25, 0.3) is 0 Å². The number of rotatable bonds is 10. The van der Waals surface area contributed by atoms with Gasteiger partial charge in [0, 0.05) is 75.0 Å². The van der Waals surface area contributed by atoms with Crippen LogP contribution in [0.3, 0.4) is 0 Å². The Morgan fingerprint density at radius 1 is 1.04 bits per heavy atom. The third kappa shape index (κ3) is 7.00. The summed E-state index contributed by atoms with van der Waals surface area (Å²) >= 11 is 0. The highest BCUT2D eigenvalue weighted by molar-refractivity contribution is 5.98. The predicted octanol–water partition coefficient (Wildman–Crippen LogP) is 4.07. The third-order valence-corrected chi connectivity index (χ3v) is 10.00. The van der Waals surface area contributed by atoms with Crippen LogP contribution in [0.25, 0.3) is 10.8 Å². The lowest BCUT2D eigenvalue weighted by Gasteiger charge is -2.42. The smallest absolute Gasteiger partial charge is 0.318 e. The highest BCUT2D eigenvalue weighted by atomic mass is 16.5. The number of hydrogen-bond acceptors (Lipinski definition) is 10. The summed E-state index contributed by atoms with van der Waals surface area (Å²) in [5.74, 6) is 0.458. The van der Waals surface area contributed by atoms with Gasteiger partial charge in [-0.05, 0) is 49.9 Å². The lowest BCUT2D eigenvalue weighted by molar-refractivity contribution is -0.128. The molecule has 0 radical (unpaired) electrons. The molecular weight excluding hydrogens is 606 g/mol. The van der Waals surface area contributed by atoms with Gasteiger partial charge in [-0.1, -0.05) is 37.3 Å². The first-order valence-electron chi connectivity index (χ1n) is 16.9. The molecule has 11 nitrogen and oxygen atoms in total. The number of allylic oxidation sites excluding steroid dienone is 1. The number of methoxy groups -OCH3 is 1. The Morgan fingerprint density at radius 2 is 1.85 bits per heavy atom. The molecule has 0 N–H and O–H groups in total. The summed E-state index contributed by atoms with van der Waals surface area (Å²) in [5, 5.41) is 12.2. The van der Waals surface area contributed by atoms with Gasteiger partial charge < -0.3 is 24.2 Å². The van der Waals surface area contributed by atoms with Crippen LogP contribution in [0.2, 0.25) is 0 Å². The molecule has 0 unspecified atom stereocenters. The maximum absolute atomic E-state index is 13.1. The van der Waals surface area contributed by atoms with Gasteiger partial charge in [-0.15, -0.1) is 0 Å². The van der Waals surface area contributed by atoms with Crippen molar-refractivity contribution in [3.8, 4) is 12.1 Å². The summed E-state index contributed by atoms with van der Waals surface area (Å²) in [4.78, 5) is 43.5. The Morgan fingerprint density at radius 3 is 2.60 bits per heavy atom. The summed E-state index contributed by atoms with van der Waals surface area (Å²) in [5.41, 5.74) is 4.43. The van der Waals surface area contributed by atoms with E-state index >= 15 is 0 Å². The van der Waals surface area contributed by atoms with Crippen LogP contribution in [-0.4, -0.2) is 103 Å². The number of nitrogens with zero attached hydrogens (tertiary/aromatic N) is 7. The number of hydrogen-bond donors (Lipinski definition) is 0. The number of carbonyl (C=O) groups excluding carboxylic acids is 2. The van der Waals surface area contributed by atoms with Crippen molar-refractivity contribution in [3.63, 3.8) is 0 Å². The highest BCUT2D eigenvalue weighted by Crippen LogP contribution is 2.36. The van der Waals surface area contributed by atoms with E-state index in [1.807, 2.05) is 0 Å². The molecule has 0 aliphatic carbocycles. The van der Waals surface area contributed by atoms with Crippen LogP contribution in [0.1, 0.15) is 43.0 Å². The van der Waals surface area contributed by atoms with Gasteiger partial charge in [0.15, 0.2) is 5.78 Å². The highest BCUT2D eigenvalue weighted by Gasteiger charge is 2.34. The normalized spacial score (nSPS) is 21.5. The molecule has 6 rings (SSSR count). The van der Waals surface area contributed by atoms with Gasteiger partial charge in [0.2, 0.25) is 5.91 Å². The average molecular weight is 652 g/mol. The number of piperazine rings is 1. The first-order chi connectivity index (χ1) is 23.3. The van der Waals surface area contributed by atoms with E-state index in [0.29, 0.717) is 45.2 Å². The van der Waals surface area contributed by atoms with Crippen molar-refractivity contribution in [2.24, 2.45) is 0 Å². The molecule has 3 aromatic rings. The number of likely N-dealkylation sites (tertiary alicyclic amines) is 1. The first-order valence-corrected chi connectivity index (χ1v) is 16.9. The molecule has 2 saturated heterocycles. The molecular formula is C37H45N7O4. The van der Waals surface area contributed by atoms with Gasteiger partial charge in [0.1, 0.15) is 12.4 Å². The predicted molar refractivity (Wildman–Crippen MR) is 185 cm³/mol. The summed E-state index contributed by atoms with van der Waals surface area (Å²) in [6, 6.07) is 15.3. The fourth-order valence-electron chi connectivity index (χ4n) is 7.25. The van der Waals surface area contributed by atoms with Crippen molar-refractivity contribution in [3.05, 3.63) is 65.4 Å².